The third kappa shape index (κ3) is 37.3. The van der Waals surface area contributed by atoms with Crippen LogP contribution in [0.4, 0.5) is 0 Å². The van der Waals surface area contributed by atoms with E-state index in [9.17, 15) is 14.4 Å². The summed E-state index contributed by atoms with van der Waals surface area (Å²) in [7, 11) is 0. The third-order valence-corrected chi connectivity index (χ3v) is 7.63. The van der Waals surface area contributed by atoms with E-state index < -0.39 is 12.1 Å². The maximum Gasteiger partial charge on any atom is 0.309 e. The zero-order valence-corrected chi connectivity index (χ0v) is 32.8. The van der Waals surface area contributed by atoms with Gasteiger partial charge in [0.25, 0.3) is 0 Å². The smallest absolute Gasteiger partial charge is 0.309 e. The van der Waals surface area contributed by atoms with Crippen molar-refractivity contribution in [3.63, 3.8) is 0 Å². The number of rotatable bonds is 33. The normalized spacial score (nSPS) is 13.2. The molecule has 0 spiro atoms. The second-order valence-corrected chi connectivity index (χ2v) is 12.5. The Bertz CT molecular complexity index is 1150. The van der Waals surface area contributed by atoms with Crippen molar-refractivity contribution in [2.45, 2.75) is 149 Å². The van der Waals surface area contributed by atoms with Crippen molar-refractivity contribution < 1.29 is 28.6 Å². The van der Waals surface area contributed by atoms with Crippen LogP contribution in [0.3, 0.4) is 0 Å². The summed E-state index contributed by atoms with van der Waals surface area (Å²) in [6.07, 6.45) is 52.5. The van der Waals surface area contributed by atoms with Crippen molar-refractivity contribution in [1.82, 2.24) is 0 Å². The maximum atomic E-state index is 12.6. The van der Waals surface area contributed by atoms with Crippen molar-refractivity contribution in [2.24, 2.45) is 0 Å². The summed E-state index contributed by atoms with van der Waals surface area (Å²) in [5.74, 6) is -1.13. The number of esters is 3. The van der Waals surface area contributed by atoms with Crippen LogP contribution in [0.25, 0.3) is 0 Å². The minimum atomic E-state index is -0.835. The average Bonchev–Trinajstić information content (AvgIpc) is 3.14. The largest absolute Gasteiger partial charge is 0.462 e. The minimum absolute atomic E-state index is 0.120. The predicted octanol–water partition coefficient (Wildman–Crippen LogP) is 12.5. The molecule has 0 bridgehead atoms. The topological polar surface area (TPSA) is 78.9 Å². The van der Waals surface area contributed by atoms with Gasteiger partial charge in [-0.3, -0.25) is 14.4 Å². The molecule has 0 aromatic heterocycles. The molecule has 0 aliphatic rings. The molecule has 0 radical (unpaired) electrons. The van der Waals surface area contributed by atoms with E-state index in [4.69, 9.17) is 14.2 Å². The first-order valence-electron chi connectivity index (χ1n) is 19.9. The Morgan fingerprint density at radius 3 is 1.50 bits per heavy atom. The molecule has 1 unspecified atom stereocenters. The Morgan fingerprint density at radius 2 is 0.865 bits per heavy atom. The van der Waals surface area contributed by atoms with E-state index in [-0.39, 0.29) is 38.0 Å². The molecule has 0 rings (SSSR count). The summed E-state index contributed by atoms with van der Waals surface area (Å²) in [6, 6.07) is 0. The summed E-state index contributed by atoms with van der Waals surface area (Å²) < 4.78 is 16.5. The lowest BCUT2D eigenvalue weighted by Crippen LogP contribution is -2.30. The van der Waals surface area contributed by atoms with Gasteiger partial charge in [0.2, 0.25) is 0 Å². The van der Waals surface area contributed by atoms with Gasteiger partial charge in [0, 0.05) is 12.8 Å². The van der Waals surface area contributed by atoms with Gasteiger partial charge in [-0.25, -0.2) is 0 Å². The molecule has 0 aromatic carbocycles. The maximum absolute atomic E-state index is 12.6. The van der Waals surface area contributed by atoms with Gasteiger partial charge in [0.15, 0.2) is 6.10 Å². The van der Waals surface area contributed by atoms with Crippen molar-refractivity contribution in [2.75, 3.05) is 13.2 Å². The van der Waals surface area contributed by atoms with Gasteiger partial charge in [-0.15, -0.1) is 0 Å². The van der Waals surface area contributed by atoms with E-state index in [0.717, 1.165) is 103 Å². The molecule has 0 fully saturated rings. The van der Waals surface area contributed by atoms with Gasteiger partial charge >= 0.3 is 17.9 Å². The molecule has 0 saturated heterocycles. The standard InChI is InChI=1S/C46H70O6/c1-4-7-10-13-16-19-21-23-25-27-30-33-36-39-45(48)51-42-43(41-50-44(47)38-35-32-29-26-18-15-12-9-6-3)52-46(49)40-37-34-31-28-24-22-20-17-14-11-8-5-2/h7-13,16-21,23,25-26,32,35,43H,4-6,14-15,22,24,27-31,33-34,36-42H2,1-3H3/b10-7-,11-8-,12-9-,16-13-,20-17-,21-19-,25-23-,26-18-,35-32-. The molecule has 52 heavy (non-hydrogen) atoms. The Hall–Kier alpha value is -3.93. The van der Waals surface area contributed by atoms with Crippen LogP contribution in [0, 0.1) is 0 Å². The van der Waals surface area contributed by atoms with Crippen LogP contribution >= 0.6 is 0 Å². The highest BCUT2D eigenvalue weighted by Crippen LogP contribution is 2.11. The highest BCUT2D eigenvalue weighted by atomic mass is 16.6. The van der Waals surface area contributed by atoms with Crippen LogP contribution in [-0.4, -0.2) is 37.2 Å². The Balaban J connectivity index is 4.58. The summed E-state index contributed by atoms with van der Waals surface area (Å²) in [5.41, 5.74) is 0. The highest BCUT2D eigenvalue weighted by Gasteiger charge is 2.19. The first kappa shape index (κ1) is 48.1. The Kier molecular flexibility index (Phi) is 36.8. The molecule has 0 aromatic rings. The summed E-state index contributed by atoms with van der Waals surface area (Å²) in [5, 5.41) is 0. The van der Waals surface area contributed by atoms with Crippen LogP contribution in [0.5, 0.6) is 0 Å². The average molecular weight is 719 g/mol. The summed E-state index contributed by atoms with van der Waals surface area (Å²) >= 11 is 0. The molecule has 6 heteroatoms. The number of hydrogen-bond donors (Lipinski definition) is 0. The molecule has 0 aliphatic heterocycles. The van der Waals surface area contributed by atoms with Gasteiger partial charge in [-0.1, -0.05) is 156 Å². The van der Waals surface area contributed by atoms with Crippen LogP contribution in [0.1, 0.15) is 143 Å². The zero-order valence-electron chi connectivity index (χ0n) is 32.8. The molecule has 0 heterocycles. The molecule has 0 amide bonds. The Morgan fingerprint density at radius 1 is 0.423 bits per heavy atom. The molecule has 0 N–H and O–H groups in total. The van der Waals surface area contributed by atoms with Crippen LogP contribution < -0.4 is 0 Å². The lowest BCUT2D eigenvalue weighted by Gasteiger charge is -2.18. The van der Waals surface area contributed by atoms with Crippen LogP contribution in [0.15, 0.2) is 109 Å². The first-order chi connectivity index (χ1) is 25.5. The number of allylic oxidation sites excluding steroid dienone is 17. The van der Waals surface area contributed by atoms with Crippen molar-refractivity contribution in [3.05, 3.63) is 109 Å². The minimum Gasteiger partial charge on any atom is -0.462 e. The van der Waals surface area contributed by atoms with Crippen LogP contribution in [0.2, 0.25) is 0 Å². The van der Waals surface area contributed by atoms with E-state index in [1.807, 2.05) is 42.5 Å². The SMILES string of the molecule is CC\C=C/C=C\C=C/C=C\CCCCCC(=O)OCC(COC(=O)C/C=C\C/C=C\C/C=C\CC)OC(=O)CCCCCCC/C=C\C/C=C\CC. The van der Waals surface area contributed by atoms with E-state index in [2.05, 4.69) is 81.5 Å². The van der Waals surface area contributed by atoms with Crippen molar-refractivity contribution in [1.29, 1.82) is 0 Å². The molecule has 6 nitrogen and oxygen atoms in total. The monoisotopic (exact) mass is 719 g/mol. The van der Waals surface area contributed by atoms with Gasteiger partial charge in [0.1, 0.15) is 13.2 Å². The van der Waals surface area contributed by atoms with Crippen LogP contribution in [-0.2, 0) is 28.6 Å². The molecule has 0 aliphatic carbocycles. The third-order valence-electron chi connectivity index (χ3n) is 7.63. The van der Waals surface area contributed by atoms with E-state index in [0.29, 0.717) is 6.42 Å². The fraction of sp³-hybridized carbons (Fsp3) is 0.543. The fourth-order valence-corrected chi connectivity index (χ4v) is 4.72. The number of carbonyl (C=O) groups is 3. The zero-order chi connectivity index (χ0) is 38.0. The summed E-state index contributed by atoms with van der Waals surface area (Å²) in [4.78, 5) is 37.4. The molecular weight excluding hydrogens is 648 g/mol. The van der Waals surface area contributed by atoms with Crippen molar-refractivity contribution in [3.8, 4) is 0 Å². The molecule has 290 valence electrons. The fourth-order valence-electron chi connectivity index (χ4n) is 4.72. The predicted molar refractivity (Wildman–Crippen MR) is 219 cm³/mol. The number of hydrogen-bond acceptors (Lipinski definition) is 6. The second-order valence-electron chi connectivity index (χ2n) is 12.5. The van der Waals surface area contributed by atoms with Gasteiger partial charge in [0.05, 0.1) is 6.42 Å². The highest BCUT2D eigenvalue weighted by molar-refractivity contribution is 5.72. The first-order valence-corrected chi connectivity index (χ1v) is 19.9. The van der Waals surface area contributed by atoms with E-state index >= 15 is 0 Å². The molecule has 1 atom stereocenters. The lowest BCUT2D eigenvalue weighted by molar-refractivity contribution is -0.166. The summed E-state index contributed by atoms with van der Waals surface area (Å²) in [6.45, 7) is 6.07. The lowest BCUT2D eigenvalue weighted by atomic mass is 10.1. The molecule has 0 saturated carbocycles. The van der Waals surface area contributed by atoms with Gasteiger partial charge < -0.3 is 14.2 Å². The van der Waals surface area contributed by atoms with Crippen molar-refractivity contribution >= 4 is 17.9 Å². The Labute approximate surface area is 317 Å². The quantitative estimate of drug-likeness (QED) is 0.0221. The van der Waals surface area contributed by atoms with Gasteiger partial charge in [-0.05, 0) is 77.0 Å². The van der Waals surface area contributed by atoms with E-state index in [1.54, 1.807) is 6.08 Å². The molecular formula is C46H70O6. The number of ether oxygens (including phenoxy) is 3. The second kappa shape index (κ2) is 39.8. The number of carbonyl (C=O) groups excluding carboxylic acids is 3. The van der Waals surface area contributed by atoms with Gasteiger partial charge in [-0.2, -0.15) is 0 Å². The number of unbranched alkanes of at least 4 members (excludes halogenated alkanes) is 8. The van der Waals surface area contributed by atoms with E-state index in [1.165, 1.54) is 0 Å².